The minimum atomic E-state index is -0.376. The highest BCUT2D eigenvalue weighted by atomic mass is 16.5. The molecule has 0 saturated carbocycles. The van der Waals surface area contributed by atoms with E-state index in [2.05, 4.69) is 200 Å². The van der Waals surface area contributed by atoms with Gasteiger partial charge in [-0.25, -0.2) is 4.99 Å². The minimum Gasteiger partial charge on any atom is -0.461 e. The summed E-state index contributed by atoms with van der Waals surface area (Å²) >= 11 is 0. The molecule has 5 aromatic carbocycles. The van der Waals surface area contributed by atoms with Crippen molar-refractivity contribution in [2.24, 2.45) is 15.9 Å². The molecular weight excluding hydrogens is 797 g/mol. The van der Waals surface area contributed by atoms with Crippen molar-refractivity contribution in [3.8, 4) is 17.2 Å². The fraction of sp³-hybridized carbons (Fsp3) is 0.186. The largest absolute Gasteiger partial charge is 0.461 e. The molecule has 4 atom stereocenters. The van der Waals surface area contributed by atoms with Crippen molar-refractivity contribution in [2.75, 3.05) is 0 Å². The predicted molar refractivity (Wildman–Crippen MR) is 263 cm³/mol. The summed E-state index contributed by atoms with van der Waals surface area (Å²) in [6, 6.07) is 44.5. The number of benzene rings is 5. The molecule has 3 heterocycles. The van der Waals surface area contributed by atoms with Gasteiger partial charge in [0.05, 0.1) is 11.8 Å². The lowest BCUT2D eigenvalue weighted by Crippen LogP contribution is -2.36. The van der Waals surface area contributed by atoms with Crippen molar-refractivity contribution in [1.82, 2.24) is 10.6 Å². The number of aliphatic imine (C=N–C) groups is 2. The third-order valence-electron chi connectivity index (χ3n) is 13.3. The molecule has 11 rings (SSSR count). The SMILES string of the molecule is Cc1ccccc1Oc1cccc(C2N=C(c3ccccc3)C=C(C3=CC=CCC3)N2)c1C[C@H]1C2=C(CCC=C2C2=NC(C3C=CC=CC3)=CC(c3ccccc3)N2)Oc2ccccc21. The lowest BCUT2D eigenvalue weighted by molar-refractivity contribution is 0.368. The Morgan fingerprint density at radius 1 is 0.738 bits per heavy atom. The average molecular weight is 849 g/mol. The summed E-state index contributed by atoms with van der Waals surface area (Å²) in [7, 11) is 0. The molecule has 320 valence electrons. The first-order chi connectivity index (χ1) is 32.1. The Kier molecular flexibility index (Phi) is 11.2. The number of allylic oxidation sites excluding steroid dienone is 11. The zero-order valence-electron chi connectivity index (χ0n) is 36.7. The van der Waals surface area contributed by atoms with Gasteiger partial charge in [-0.15, -0.1) is 0 Å². The Morgan fingerprint density at radius 2 is 1.54 bits per heavy atom. The number of nitrogens with zero attached hydrogens (tertiary/aromatic N) is 2. The first-order valence-electron chi connectivity index (χ1n) is 23.1. The van der Waals surface area contributed by atoms with Gasteiger partial charge < -0.3 is 20.1 Å². The second-order valence-corrected chi connectivity index (χ2v) is 17.5. The van der Waals surface area contributed by atoms with Crippen LogP contribution < -0.4 is 20.1 Å². The zero-order chi connectivity index (χ0) is 43.5. The van der Waals surface area contributed by atoms with Crippen LogP contribution in [0.5, 0.6) is 17.2 Å². The molecule has 6 nitrogen and oxygen atoms in total. The third kappa shape index (κ3) is 8.28. The quantitative estimate of drug-likeness (QED) is 0.147. The summed E-state index contributed by atoms with van der Waals surface area (Å²) in [6.45, 7) is 2.11. The maximum Gasteiger partial charge on any atom is 0.145 e. The Bertz CT molecular complexity index is 2960. The monoisotopic (exact) mass is 848 g/mol. The number of aryl methyl sites for hydroxylation is 1. The molecule has 3 unspecified atom stereocenters. The molecule has 0 amide bonds. The summed E-state index contributed by atoms with van der Waals surface area (Å²) in [5, 5.41) is 7.86. The summed E-state index contributed by atoms with van der Waals surface area (Å²) in [4.78, 5) is 11.0. The molecule has 0 radical (unpaired) electrons. The molecule has 6 heteroatoms. The van der Waals surface area contributed by atoms with Crippen LogP contribution in [0.2, 0.25) is 0 Å². The van der Waals surface area contributed by atoms with Gasteiger partial charge in [0.2, 0.25) is 0 Å². The number of fused-ring (bicyclic) bond motifs is 1. The number of para-hydroxylation sites is 2. The molecule has 0 spiro atoms. The number of ether oxygens (including phenoxy) is 2. The van der Waals surface area contributed by atoms with Crippen LogP contribution in [0.1, 0.15) is 83.6 Å². The molecular formula is C59H52N4O2. The lowest BCUT2D eigenvalue weighted by Gasteiger charge is -2.37. The van der Waals surface area contributed by atoms with Gasteiger partial charge in [0.1, 0.15) is 35.0 Å². The van der Waals surface area contributed by atoms with Crippen molar-refractivity contribution in [3.05, 3.63) is 255 Å². The fourth-order valence-corrected chi connectivity index (χ4v) is 9.97. The zero-order valence-corrected chi connectivity index (χ0v) is 36.7. The summed E-state index contributed by atoms with van der Waals surface area (Å²) in [5.41, 5.74) is 13.4. The molecule has 6 aliphatic rings. The summed E-state index contributed by atoms with van der Waals surface area (Å²) in [5.74, 6) is 4.55. The van der Waals surface area contributed by atoms with E-state index >= 15 is 0 Å². The second-order valence-electron chi connectivity index (χ2n) is 17.5. The predicted octanol–water partition coefficient (Wildman–Crippen LogP) is 13.5. The Morgan fingerprint density at radius 3 is 2.37 bits per heavy atom. The standard InChI is InChI=1S/C59H52N4O2/c1-39-20-14-16-32-53(39)64-55-34-18-30-45(58-60-49(40-21-6-2-7-22-40)37-50(61-58)41-23-8-3-9-24-41)47(55)36-48-44-29-15-17-33-54(44)65-56-35-19-31-46(57(48)56)59-62-51(42-25-10-4-11-26-42)38-52(63-59)43-27-12-5-13-28-43/h2-8,10-18,20-23,25-27,29-34,37-38,43,48,51,58,61H,9,19,24,28,35-36H2,1H3,(H,62,63)/t43?,48-,51?,58?/m1/s1. The van der Waals surface area contributed by atoms with E-state index in [1.165, 1.54) is 16.7 Å². The number of nitrogens with one attached hydrogen (secondary N) is 2. The van der Waals surface area contributed by atoms with E-state index in [0.29, 0.717) is 6.42 Å². The van der Waals surface area contributed by atoms with Gasteiger partial charge in [0.15, 0.2) is 0 Å². The summed E-state index contributed by atoms with van der Waals surface area (Å²) < 4.78 is 14.0. The van der Waals surface area contributed by atoms with Crippen LogP contribution in [-0.4, -0.2) is 11.5 Å². The molecule has 3 aliphatic heterocycles. The third-order valence-corrected chi connectivity index (χ3v) is 13.3. The van der Waals surface area contributed by atoms with Crippen molar-refractivity contribution in [2.45, 2.75) is 63.6 Å². The van der Waals surface area contributed by atoms with Gasteiger partial charge in [-0.05, 0) is 91.6 Å². The van der Waals surface area contributed by atoms with Crippen molar-refractivity contribution in [3.63, 3.8) is 0 Å². The van der Waals surface area contributed by atoms with Crippen LogP contribution in [0, 0.1) is 12.8 Å². The number of amidine groups is 1. The molecule has 0 bridgehead atoms. The topological polar surface area (TPSA) is 67.2 Å². The molecule has 5 aromatic rings. The second kappa shape index (κ2) is 18.0. The van der Waals surface area contributed by atoms with Crippen LogP contribution in [-0.2, 0) is 6.42 Å². The first kappa shape index (κ1) is 40.3. The minimum absolute atomic E-state index is 0.0407. The first-order valence-corrected chi connectivity index (χ1v) is 23.1. The van der Waals surface area contributed by atoms with Crippen LogP contribution >= 0.6 is 0 Å². The average Bonchev–Trinajstić information content (AvgIpc) is 3.38. The maximum atomic E-state index is 7.05. The Balaban J connectivity index is 1.05. The van der Waals surface area contributed by atoms with Crippen molar-refractivity contribution >= 4 is 11.5 Å². The van der Waals surface area contributed by atoms with E-state index in [1.54, 1.807) is 0 Å². The smallest absolute Gasteiger partial charge is 0.145 e. The van der Waals surface area contributed by atoms with Gasteiger partial charge in [-0.2, -0.15) is 0 Å². The van der Waals surface area contributed by atoms with Gasteiger partial charge >= 0.3 is 0 Å². The number of hydrogen-bond donors (Lipinski definition) is 2. The molecule has 2 N–H and O–H groups in total. The van der Waals surface area contributed by atoms with E-state index in [1.807, 2.05) is 6.07 Å². The highest BCUT2D eigenvalue weighted by molar-refractivity contribution is 6.10. The van der Waals surface area contributed by atoms with E-state index < -0.39 is 0 Å². The van der Waals surface area contributed by atoms with E-state index in [9.17, 15) is 0 Å². The van der Waals surface area contributed by atoms with E-state index in [4.69, 9.17) is 19.5 Å². The Hall–Kier alpha value is -7.44. The molecule has 0 fully saturated rings. The highest BCUT2D eigenvalue weighted by Crippen LogP contribution is 2.49. The van der Waals surface area contributed by atoms with Gasteiger partial charge in [0.25, 0.3) is 0 Å². The highest BCUT2D eigenvalue weighted by Gasteiger charge is 2.38. The molecule has 0 saturated heterocycles. The Labute approximate surface area is 382 Å². The normalized spacial score (nSPS) is 22.0. The van der Waals surface area contributed by atoms with Crippen LogP contribution in [0.15, 0.2) is 232 Å². The van der Waals surface area contributed by atoms with Gasteiger partial charge in [-0.3, -0.25) is 4.99 Å². The lowest BCUT2D eigenvalue weighted by atomic mass is 9.75. The van der Waals surface area contributed by atoms with Gasteiger partial charge in [-0.1, -0.05) is 158 Å². The van der Waals surface area contributed by atoms with Gasteiger partial charge in [0, 0.05) is 57.5 Å². The van der Waals surface area contributed by atoms with E-state index in [0.717, 1.165) is 111 Å². The van der Waals surface area contributed by atoms with Crippen molar-refractivity contribution in [1.29, 1.82) is 0 Å². The van der Waals surface area contributed by atoms with Crippen LogP contribution in [0.25, 0.3) is 0 Å². The van der Waals surface area contributed by atoms with Crippen LogP contribution in [0.4, 0.5) is 0 Å². The molecule has 65 heavy (non-hydrogen) atoms. The van der Waals surface area contributed by atoms with E-state index in [-0.39, 0.29) is 24.0 Å². The molecule has 3 aliphatic carbocycles. The summed E-state index contributed by atoms with van der Waals surface area (Å²) in [6.07, 6.45) is 27.2. The fourth-order valence-electron chi connectivity index (χ4n) is 9.97. The maximum absolute atomic E-state index is 7.05. The number of rotatable bonds is 10. The van der Waals surface area contributed by atoms with Crippen molar-refractivity contribution < 1.29 is 9.47 Å². The number of hydrogen-bond acceptors (Lipinski definition) is 6. The molecule has 0 aromatic heterocycles. The van der Waals surface area contributed by atoms with Crippen LogP contribution in [0.3, 0.4) is 0 Å².